The van der Waals surface area contributed by atoms with E-state index in [0.717, 1.165) is 23.2 Å². The molecule has 0 aliphatic rings. The molecule has 1 aromatic carbocycles. The number of nitrogens with one attached hydrogen (secondary N) is 1. The minimum atomic E-state index is -0.0320. The Morgan fingerprint density at radius 3 is 2.76 bits per heavy atom. The molecular weight excluding hydrogens is 264 g/mol. The number of pyridine rings is 1. The maximum absolute atomic E-state index is 6.03. The summed E-state index contributed by atoms with van der Waals surface area (Å²) in [5, 5.41) is 4.56. The van der Waals surface area contributed by atoms with E-state index >= 15 is 0 Å². The van der Waals surface area contributed by atoms with Gasteiger partial charge in [-0.2, -0.15) is 0 Å². The predicted molar refractivity (Wildman–Crippen MR) is 85.8 cm³/mol. The third-order valence-corrected chi connectivity index (χ3v) is 3.09. The molecular formula is C17H24N2O2. The molecule has 0 fully saturated rings. The van der Waals surface area contributed by atoms with Crippen LogP contribution >= 0.6 is 0 Å². The third kappa shape index (κ3) is 4.99. The number of aromatic nitrogens is 1. The Balaban J connectivity index is 2.07. The van der Waals surface area contributed by atoms with Crippen molar-refractivity contribution in [2.75, 3.05) is 20.3 Å². The van der Waals surface area contributed by atoms with Gasteiger partial charge in [0.05, 0.1) is 12.1 Å². The highest BCUT2D eigenvalue weighted by Gasteiger charge is 2.15. The van der Waals surface area contributed by atoms with Gasteiger partial charge in [0.2, 0.25) is 0 Å². The minimum absolute atomic E-state index is 0.0320. The van der Waals surface area contributed by atoms with Gasteiger partial charge in [-0.25, -0.2) is 0 Å². The highest BCUT2D eigenvalue weighted by atomic mass is 16.5. The second-order valence-corrected chi connectivity index (χ2v) is 6.18. The summed E-state index contributed by atoms with van der Waals surface area (Å²) < 4.78 is 11.3. The highest BCUT2D eigenvalue weighted by Crippen LogP contribution is 2.20. The lowest BCUT2D eigenvalue weighted by Gasteiger charge is -2.25. The molecule has 0 aliphatic carbocycles. The van der Waals surface area contributed by atoms with Gasteiger partial charge >= 0.3 is 0 Å². The summed E-state index contributed by atoms with van der Waals surface area (Å²) in [7, 11) is 1.69. The summed E-state index contributed by atoms with van der Waals surface area (Å²) in [6, 6.07) is 9.95. The van der Waals surface area contributed by atoms with Crippen LogP contribution in [-0.2, 0) is 4.74 Å². The van der Waals surface area contributed by atoms with Gasteiger partial charge in [0.1, 0.15) is 11.9 Å². The fourth-order valence-electron chi connectivity index (χ4n) is 2.05. The lowest BCUT2D eigenvalue weighted by Crippen LogP contribution is -2.44. The van der Waals surface area contributed by atoms with Crippen LogP contribution in [0.2, 0.25) is 0 Å². The second kappa shape index (κ2) is 6.87. The summed E-state index contributed by atoms with van der Waals surface area (Å²) in [6.07, 6.45) is 1.76. The number of benzene rings is 1. The summed E-state index contributed by atoms with van der Waals surface area (Å²) in [6.45, 7) is 7.69. The lowest BCUT2D eigenvalue weighted by atomic mass is 10.1. The topological polar surface area (TPSA) is 43.4 Å². The number of hydrogen-bond acceptors (Lipinski definition) is 4. The Morgan fingerprint density at radius 2 is 2.05 bits per heavy atom. The molecule has 1 aromatic heterocycles. The first-order chi connectivity index (χ1) is 9.98. The molecule has 4 nitrogen and oxygen atoms in total. The molecule has 114 valence electrons. The third-order valence-electron chi connectivity index (χ3n) is 3.09. The van der Waals surface area contributed by atoms with E-state index in [-0.39, 0.29) is 11.6 Å². The zero-order valence-corrected chi connectivity index (χ0v) is 13.2. The molecule has 21 heavy (non-hydrogen) atoms. The number of nitrogens with zero attached hydrogens (tertiary/aromatic N) is 1. The van der Waals surface area contributed by atoms with Crippen molar-refractivity contribution in [2.24, 2.45) is 0 Å². The molecule has 0 saturated heterocycles. The van der Waals surface area contributed by atoms with Crippen LogP contribution in [-0.4, -0.2) is 36.9 Å². The highest BCUT2D eigenvalue weighted by molar-refractivity contribution is 5.79. The number of fused-ring (bicyclic) bond motifs is 1. The first-order valence-electron chi connectivity index (χ1n) is 7.23. The monoisotopic (exact) mass is 288 g/mol. The van der Waals surface area contributed by atoms with Crippen LogP contribution in [0.15, 0.2) is 36.5 Å². The van der Waals surface area contributed by atoms with Crippen LogP contribution in [0.1, 0.15) is 20.8 Å². The van der Waals surface area contributed by atoms with E-state index in [2.05, 4.69) is 31.1 Å². The fraction of sp³-hybridized carbons (Fsp3) is 0.471. The van der Waals surface area contributed by atoms with Crippen molar-refractivity contribution in [2.45, 2.75) is 32.4 Å². The van der Waals surface area contributed by atoms with E-state index in [9.17, 15) is 0 Å². The van der Waals surface area contributed by atoms with Crippen LogP contribution in [0, 0.1) is 0 Å². The maximum atomic E-state index is 6.03. The average molecular weight is 288 g/mol. The summed E-state index contributed by atoms with van der Waals surface area (Å²) in [5.74, 6) is 0.818. The van der Waals surface area contributed by atoms with Gasteiger partial charge in [-0.05, 0) is 39.0 Å². The molecule has 0 aliphatic heterocycles. The van der Waals surface area contributed by atoms with E-state index in [1.807, 2.05) is 30.3 Å². The standard InChI is InChI=1S/C17H24N2O2/c1-17(2,3)19-11-15(12-20-4)21-14-8-7-13-6-5-9-18-16(13)10-14/h5-10,15,19H,11-12H2,1-4H3. The second-order valence-electron chi connectivity index (χ2n) is 6.18. The predicted octanol–water partition coefficient (Wildman–Crippen LogP) is 3.02. The first-order valence-corrected chi connectivity index (χ1v) is 7.23. The Morgan fingerprint density at radius 1 is 1.24 bits per heavy atom. The van der Waals surface area contributed by atoms with E-state index in [1.54, 1.807) is 13.3 Å². The summed E-state index contributed by atoms with van der Waals surface area (Å²) >= 11 is 0. The van der Waals surface area contributed by atoms with Crippen LogP contribution in [0.4, 0.5) is 0 Å². The largest absolute Gasteiger partial charge is 0.487 e. The number of methoxy groups -OCH3 is 1. The number of rotatable bonds is 6. The van der Waals surface area contributed by atoms with E-state index < -0.39 is 0 Å². The van der Waals surface area contributed by atoms with Crippen molar-refractivity contribution < 1.29 is 9.47 Å². The zero-order chi connectivity index (χ0) is 15.3. The molecule has 2 aromatic rings. The SMILES string of the molecule is COCC(CNC(C)(C)C)Oc1ccc2cccnc2c1. The lowest BCUT2D eigenvalue weighted by molar-refractivity contribution is 0.0766. The van der Waals surface area contributed by atoms with Gasteiger partial charge in [-0.1, -0.05) is 6.07 Å². The van der Waals surface area contributed by atoms with Crippen molar-refractivity contribution >= 4 is 10.9 Å². The molecule has 1 atom stereocenters. The Labute approximate surface area is 126 Å². The van der Waals surface area contributed by atoms with Crippen LogP contribution < -0.4 is 10.1 Å². The van der Waals surface area contributed by atoms with Crippen LogP contribution in [0.25, 0.3) is 10.9 Å². The average Bonchev–Trinajstić information content (AvgIpc) is 2.44. The molecule has 0 spiro atoms. The van der Waals surface area contributed by atoms with E-state index in [0.29, 0.717) is 6.61 Å². The molecule has 1 N–H and O–H groups in total. The van der Waals surface area contributed by atoms with Crippen molar-refractivity contribution in [1.29, 1.82) is 0 Å². The van der Waals surface area contributed by atoms with Gasteiger partial charge in [0.15, 0.2) is 0 Å². The number of ether oxygens (including phenoxy) is 2. The Hall–Kier alpha value is -1.65. The van der Waals surface area contributed by atoms with Crippen molar-refractivity contribution in [1.82, 2.24) is 10.3 Å². The smallest absolute Gasteiger partial charge is 0.134 e. The number of hydrogen-bond donors (Lipinski definition) is 1. The van der Waals surface area contributed by atoms with Gasteiger partial charge < -0.3 is 14.8 Å². The normalized spacial score (nSPS) is 13.3. The quantitative estimate of drug-likeness (QED) is 0.887. The van der Waals surface area contributed by atoms with Crippen LogP contribution in [0.5, 0.6) is 5.75 Å². The molecule has 1 heterocycles. The summed E-state index contributed by atoms with van der Waals surface area (Å²) in [5.41, 5.74) is 0.996. The molecule has 2 rings (SSSR count). The summed E-state index contributed by atoms with van der Waals surface area (Å²) in [4.78, 5) is 4.35. The molecule has 0 amide bonds. The van der Waals surface area contributed by atoms with E-state index in [1.165, 1.54) is 0 Å². The molecule has 4 heteroatoms. The van der Waals surface area contributed by atoms with Crippen molar-refractivity contribution in [3.05, 3.63) is 36.5 Å². The minimum Gasteiger partial charge on any atom is -0.487 e. The van der Waals surface area contributed by atoms with Gasteiger partial charge in [0, 0.05) is 36.8 Å². The maximum Gasteiger partial charge on any atom is 0.134 e. The van der Waals surface area contributed by atoms with Crippen molar-refractivity contribution in [3.63, 3.8) is 0 Å². The van der Waals surface area contributed by atoms with E-state index in [4.69, 9.17) is 9.47 Å². The zero-order valence-electron chi connectivity index (χ0n) is 13.2. The van der Waals surface area contributed by atoms with Gasteiger partial charge in [-0.15, -0.1) is 0 Å². The van der Waals surface area contributed by atoms with Gasteiger partial charge in [-0.3, -0.25) is 4.98 Å². The molecule has 1 unspecified atom stereocenters. The van der Waals surface area contributed by atoms with Crippen LogP contribution in [0.3, 0.4) is 0 Å². The fourth-order valence-corrected chi connectivity index (χ4v) is 2.05. The Bertz CT molecular complexity index is 578. The van der Waals surface area contributed by atoms with Gasteiger partial charge in [0.25, 0.3) is 0 Å². The molecule has 0 radical (unpaired) electrons. The first kappa shape index (κ1) is 15.7. The molecule has 0 bridgehead atoms. The molecule has 0 saturated carbocycles. The van der Waals surface area contributed by atoms with Crippen molar-refractivity contribution in [3.8, 4) is 5.75 Å². The Kier molecular flexibility index (Phi) is 5.15.